The molecule has 0 aromatic rings. The van der Waals surface area contributed by atoms with Gasteiger partial charge in [0, 0.05) is 13.3 Å². The van der Waals surface area contributed by atoms with Crippen molar-refractivity contribution in [1.29, 1.82) is 0 Å². The van der Waals surface area contributed by atoms with Crippen LogP contribution < -0.4 is 0 Å². The molecule has 0 saturated carbocycles. The number of carbonyl (C=O) groups is 2. The van der Waals surface area contributed by atoms with Crippen LogP contribution in [-0.2, 0) is 14.3 Å². The Balaban J connectivity index is 3.81. The van der Waals surface area contributed by atoms with Crippen molar-refractivity contribution in [3.05, 3.63) is 11.8 Å². The molecule has 0 saturated heterocycles. The van der Waals surface area contributed by atoms with Crippen molar-refractivity contribution in [2.75, 3.05) is 0 Å². The van der Waals surface area contributed by atoms with E-state index in [4.69, 9.17) is 0 Å². The van der Waals surface area contributed by atoms with Gasteiger partial charge in [-0.3, -0.25) is 9.59 Å². The minimum Gasteiger partial charge on any atom is -0.435 e. The molecule has 0 radical (unpaired) electrons. The second kappa shape index (κ2) is 4.66. The van der Waals surface area contributed by atoms with E-state index in [2.05, 4.69) is 4.74 Å². The molecule has 0 heterocycles. The maximum atomic E-state index is 10.5. The zero-order valence-corrected chi connectivity index (χ0v) is 7.01. The van der Waals surface area contributed by atoms with E-state index >= 15 is 0 Å². The number of hydrogen-bond donors (Lipinski definition) is 0. The van der Waals surface area contributed by atoms with Gasteiger partial charge in [-0.2, -0.15) is 0 Å². The molecule has 3 nitrogen and oxygen atoms in total. The van der Waals surface area contributed by atoms with Gasteiger partial charge in [0.1, 0.15) is 5.78 Å². The fourth-order valence-corrected chi connectivity index (χ4v) is 0.618. The first-order chi connectivity index (χ1) is 5.02. The largest absolute Gasteiger partial charge is 0.435 e. The van der Waals surface area contributed by atoms with Gasteiger partial charge in [0.15, 0.2) is 0 Å². The van der Waals surface area contributed by atoms with Gasteiger partial charge < -0.3 is 4.74 Å². The molecule has 0 aliphatic heterocycles. The third-order valence-electron chi connectivity index (χ3n) is 0.954. The molecule has 0 unspecified atom stereocenters. The Bertz CT molecular complexity index is 192. The van der Waals surface area contributed by atoms with E-state index in [0.717, 1.165) is 5.57 Å². The predicted octanol–water partition coefficient (Wildman–Crippen LogP) is 1.43. The number of ketones is 1. The molecule has 3 heteroatoms. The average molecular weight is 156 g/mol. The summed E-state index contributed by atoms with van der Waals surface area (Å²) < 4.78 is 4.55. The summed E-state index contributed by atoms with van der Waals surface area (Å²) in [5.41, 5.74) is 0.757. The number of allylic oxidation sites excluding steroid dienone is 1. The van der Waals surface area contributed by atoms with Gasteiger partial charge in [-0.05, 0) is 19.4 Å². The molecule has 0 aliphatic rings. The number of ether oxygens (including phenoxy) is 1. The van der Waals surface area contributed by atoms with Gasteiger partial charge >= 0.3 is 5.97 Å². The van der Waals surface area contributed by atoms with E-state index in [-0.39, 0.29) is 11.8 Å². The van der Waals surface area contributed by atoms with Crippen molar-refractivity contribution < 1.29 is 14.3 Å². The lowest BCUT2D eigenvalue weighted by molar-refractivity contribution is -0.135. The van der Waals surface area contributed by atoms with E-state index in [1.165, 1.54) is 20.1 Å². The highest BCUT2D eigenvalue weighted by molar-refractivity contribution is 5.78. The first-order valence-corrected chi connectivity index (χ1v) is 3.34. The molecule has 0 fully saturated rings. The molecule has 0 amide bonds. The predicted molar refractivity (Wildman–Crippen MR) is 40.8 cm³/mol. The average Bonchev–Trinajstić information content (AvgIpc) is 1.82. The normalized spacial score (nSPS) is 11.0. The zero-order valence-electron chi connectivity index (χ0n) is 7.01. The van der Waals surface area contributed by atoms with Gasteiger partial charge in [-0.25, -0.2) is 0 Å². The maximum Gasteiger partial charge on any atom is 0.307 e. The lowest BCUT2D eigenvalue weighted by atomic mass is 10.2. The Morgan fingerprint density at radius 1 is 1.27 bits per heavy atom. The highest BCUT2D eigenvalue weighted by Crippen LogP contribution is 2.00. The molecule has 0 aromatic carbocycles. The third kappa shape index (κ3) is 6.77. The van der Waals surface area contributed by atoms with Crippen LogP contribution in [-0.4, -0.2) is 11.8 Å². The number of Topliss-reactive ketones (excluding diaryl/α,β-unsaturated/α-hetero) is 1. The van der Waals surface area contributed by atoms with Crippen LogP contribution in [0.2, 0.25) is 0 Å². The van der Waals surface area contributed by atoms with Gasteiger partial charge in [-0.15, -0.1) is 0 Å². The number of esters is 1. The van der Waals surface area contributed by atoms with E-state index in [0.29, 0.717) is 6.42 Å². The molecular weight excluding hydrogens is 144 g/mol. The van der Waals surface area contributed by atoms with Crippen LogP contribution in [0.1, 0.15) is 27.2 Å². The highest BCUT2D eigenvalue weighted by Gasteiger charge is 1.95. The molecule has 0 N–H and O–H groups in total. The smallest absolute Gasteiger partial charge is 0.307 e. The minimum atomic E-state index is -0.368. The van der Waals surface area contributed by atoms with Crippen molar-refractivity contribution in [2.45, 2.75) is 27.2 Å². The first-order valence-electron chi connectivity index (χ1n) is 3.34. The molecule has 62 valence electrons. The summed E-state index contributed by atoms with van der Waals surface area (Å²) in [4.78, 5) is 20.8. The Kier molecular flexibility index (Phi) is 4.18. The molecule has 0 aromatic heterocycles. The Morgan fingerprint density at radius 2 is 1.82 bits per heavy atom. The van der Waals surface area contributed by atoms with Crippen LogP contribution in [0.3, 0.4) is 0 Å². The second-order valence-corrected chi connectivity index (χ2v) is 2.45. The van der Waals surface area contributed by atoms with E-state index in [9.17, 15) is 9.59 Å². The van der Waals surface area contributed by atoms with Crippen LogP contribution in [0, 0.1) is 0 Å². The topological polar surface area (TPSA) is 43.4 Å². The monoisotopic (exact) mass is 156 g/mol. The van der Waals surface area contributed by atoms with Crippen molar-refractivity contribution in [3.8, 4) is 0 Å². The lowest BCUT2D eigenvalue weighted by Gasteiger charge is -1.96. The summed E-state index contributed by atoms with van der Waals surface area (Å²) in [5.74, 6) is -0.307. The van der Waals surface area contributed by atoms with E-state index in [1.807, 2.05) is 0 Å². The van der Waals surface area contributed by atoms with Crippen LogP contribution in [0.4, 0.5) is 0 Å². The van der Waals surface area contributed by atoms with Gasteiger partial charge in [0.25, 0.3) is 0 Å². The van der Waals surface area contributed by atoms with Gasteiger partial charge in [0.05, 0.1) is 6.26 Å². The number of hydrogen-bond acceptors (Lipinski definition) is 3. The van der Waals surface area contributed by atoms with Crippen molar-refractivity contribution in [1.82, 2.24) is 0 Å². The van der Waals surface area contributed by atoms with Crippen molar-refractivity contribution >= 4 is 11.8 Å². The summed E-state index contributed by atoms with van der Waals surface area (Å²) >= 11 is 0. The second-order valence-electron chi connectivity index (χ2n) is 2.45. The van der Waals surface area contributed by atoms with E-state index in [1.54, 1.807) is 6.92 Å². The maximum absolute atomic E-state index is 10.5. The summed E-state index contributed by atoms with van der Waals surface area (Å²) in [6.07, 6.45) is 1.65. The van der Waals surface area contributed by atoms with Gasteiger partial charge in [0.2, 0.25) is 0 Å². The van der Waals surface area contributed by atoms with Gasteiger partial charge in [-0.1, -0.05) is 0 Å². The minimum absolute atomic E-state index is 0.0610. The number of rotatable bonds is 3. The molecule has 0 aliphatic carbocycles. The van der Waals surface area contributed by atoms with Crippen molar-refractivity contribution in [3.63, 3.8) is 0 Å². The lowest BCUT2D eigenvalue weighted by Crippen LogP contribution is -1.94. The Labute approximate surface area is 66.0 Å². The Morgan fingerprint density at radius 3 is 2.18 bits per heavy atom. The third-order valence-corrected chi connectivity index (χ3v) is 0.954. The van der Waals surface area contributed by atoms with Crippen LogP contribution in [0.5, 0.6) is 0 Å². The first kappa shape index (κ1) is 9.88. The zero-order chi connectivity index (χ0) is 8.85. The summed E-state index contributed by atoms with van der Waals surface area (Å²) in [7, 11) is 0. The standard InChI is InChI=1S/C8H12O3/c1-6(4-7(2)9)5-11-8(3)10/h5H,4H2,1-3H3/b6-5-. The quantitative estimate of drug-likeness (QED) is 0.458. The summed E-state index contributed by atoms with van der Waals surface area (Å²) in [6, 6.07) is 0. The number of carbonyl (C=O) groups excluding carboxylic acids is 2. The molecule has 0 bridgehead atoms. The van der Waals surface area contributed by atoms with Crippen LogP contribution >= 0.6 is 0 Å². The fraction of sp³-hybridized carbons (Fsp3) is 0.500. The molecule has 0 spiro atoms. The highest BCUT2D eigenvalue weighted by atomic mass is 16.5. The molecular formula is C8H12O3. The van der Waals surface area contributed by atoms with Crippen LogP contribution in [0.25, 0.3) is 0 Å². The van der Waals surface area contributed by atoms with E-state index < -0.39 is 0 Å². The van der Waals surface area contributed by atoms with Crippen molar-refractivity contribution in [2.24, 2.45) is 0 Å². The Hall–Kier alpha value is -1.12. The summed E-state index contributed by atoms with van der Waals surface area (Å²) in [6.45, 7) is 4.55. The molecule has 11 heavy (non-hydrogen) atoms. The fourth-order valence-electron chi connectivity index (χ4n) is 0.618. The summed E-state index contributed by atoms with van der Waals surface area (Å²) in [5, 5.41) is 0. The molecule has 0 atom stereocenters. The molecule has 0 rings (SSSR count). The SMILES string of the molecule is CC(=O)C/C(C)=C\OC(C)=O. The van der Waals surface area contributed by atoms with Crippen LogP contribution in [0.15, 0.2) is 11.8 Å².